The third-order valence-corrected chi connectivity index (χ3v) is 24.2. The molecule has 57 heteroatoms. The first kappa shape index (κ1) is 101. The molecule has 0 amide bonds. The first-order valence-electron chi connectivity index (χ1n) is 40.9. The summed E-state index contributed by atoms with van der Waals surface area (Å²) in [6.45, 7) is -8.02. The summed E-state index contributed by atoms with van der Waals surface area (Å²) >= 11 is 0. The highest BCUT2D eigenvalue weighted by atomic mass is 16.8. The normalized spacial score (nSPS) is 54.8. The summed E-state index contributed by atoms with van der Waals surface area (Å²) in [7, 11) is 0. The highest BCUT2D eigenvalue weighted by Crippen LogP contribution is 2.39. The molecule has 56 atom stereocenters. The Morgan fingerprint density at radius 1 is 0.157 bits per heavy atom. The van der Waals surface area contributed by atoms with Gasteiger partial charge in [-0.2, -0.15) is 0 Å². The molecule has 0 aromatic carbocycles. The van der Waals surface area contributed by atoms with Crippen LogP contribution in [0.5, 0.6) is 0 Å². The molecular formula is C70H114O57. The zero-order valence-electron chi connectivity index (χ0n) is 66.7. The Balaban J connectivity index is 0.457. The Morgan fingerprint density at radius 2 is 0.323 bits per heavy atom. The van der Waals surface area contributed by atoms with Gasteiger partial charge in [-0.25, -0.2) is 0 Å². The van der Waals surface area contributed by atoms with E-state index in [4.69, 9.17) is 128 Å². The molecule has 736 valence electrons. The van der Waals surface area contributed by atoms with E-state index in [0.29, 0.717) is 0 Å². The van der Waals surface area contributed by atoms with Crippen molar-refractivity contribution >= 4 is 0 Å². The maximum atomic E-state index is 11.2. The van der Waals surface area contributed by atoms with E-state index in [-0.39, 0.29) is 0 Å². The molecule has 0 bridgehead atoms. The van der Waals surface area contributed by atoms with Crippen molar-refractivity contribution in [2.75, 3.05) is 92.5 Å². The summed E-state index contributed by atoms with van der Waals surface area (Å²) in [4.78, 5) is 0. The van der Waals surface area contributed by atoms with E-state index in [1.165, 1.54) is 0 Å². The third kappa shape index (κ3) is 22.0. The van der Waals surface area contributed by atoms with Crippen LogP contribution in [0.4, 0.5) is 0 Å². The van der Waals surface area contributed by atoms with Gasteiger partial charge in [-0.1, -0.05) is 0 Å². The summed E-state index contributed by atoms with van der Waals surface area (Å²) < 4.78 is 150. The van der Waals surface area contributed by atoms with Crippen LogP contribution in [0.15, 0.2) is 0 Å². The van der Waals surface area contributed by atoms with Crippen LogP contribution in [0, 0.1) is 0 Å². The molecule has 14 rings (SSSR count). The molecule has 14 unspecified atom stereocenters. The quantitative estimate of drug-likeness (QED) is 0.0363. The number of rotatable bonds is 27. The Kier molecular flexibility index (Phi) is 34.6. The maximum absolute atomic E-state index is 11.2. The average molecular weight is 1870 g/mol. The minimum atomic E-state index is -1.99. The molecular weight excluding hydrogens is 1750 g/mol. The average Bonchev–Trinajstić information content (AvgIpc) is 1.69. The second-order valence-corrected chi connectivity index (χ2v) is 32.9. The number of aliphatic hydroxyl groups excluding tert-OH is 30. The van der Waals surface area contributed by atoms with E-state index in [2.05, 4.69) is 0 Å². The Labute approximate surface area is 716 Å². The molecule has 14 aliphatic heterocycles. The Bertz CT molecular complexity index is 3310. The van der Waals surface area contributed by atoms with Gasteiger partial charge in [-0.3, -0.25) is 0 Å². The minimum Gasteiger partial charge on any atom is -0.394 e. The van der Waals surface area contributed by atoms with Crippen molar-refractivity contribution in [1.82, 2.24) is 0 Å². The van der Waals surface area contributed by atoms with E-state index < -0.39 is 437 Å². The zero-order valence-corrected chi connectivity index (χ0v) is 66.7. The lowest BCUT2D eigenvalue weighted by molar-refractivity contribution is -0.371. The first-order valence-corrected chi connectivity index (χ1v) is 40.9. The van der Waals surface area contributed by atoms with Crippen molar-refractivity contribution in [3.8, 4) is 0 Å². The maximum Gasteiger partial charge on any atom is 0.187 e. The predicted octanol–water partition coefficient (Wildman–Crippen LogP) is -22.6. The lowest BCUT2D eigenvalue weighted by Gasteiger charge is -2.46. The van der Waals surface area contributed by atoms with Gasteiger partial charge in [0.2, 0.25) is 0 Å². The van der Waals surface area contributed by atoms with Gasteiger partial charge in [0.25, 0.3) is 0 Å². The summed E-state index contributed by atoms with van der Waals surface area (Å²) in [6, 6.07) is 0. The molecule has 14 heterocycles. The highest BCUT2D eigenvalue weighted by Gasteiger charge is 2.59. The number of ether oxygens (including phenoxy) is 27. The molecule has 57 nitrogen and oxygen atoms in total. The standard InChI is InChI=1S/C70H114O57/c71-1-16-30(74)55(99)69(114-16)127-56-29(73)15(72)2-102-70(56)126-28-14-113-68(54(98)42(28)86)125-27-13-112-67(53(97)41(27)85)124-26-12-111-66(52(96)40(26)84)123-25-11-110-65(51(95)39(25)83)122-24-10-109-64(50(94)38(24)82)121-23-9-108-63(49(93)37(23)81)120-22-8-107-62(48(92)36(22)80)119-21-7-106-61(47(91)35(21)79)118-20-6-105-60(46(90)34(20)78)117-19-5-104-59(45(89)33(19)77)116-18-4-103-58(44(88)32(18)76)115-17-3-101-57(100)43(87)31(17)75/h15-100H,1-14H2/t15-,16+,17-,18-,19-,20-,21-,22-,23-,24-,25-,26-,27-,28-,29+,30-,31+,32+,33+,34+,35+,36+,37+,38+,39+,40+,41+,42+,43?,44?,45?,46?,47?,48?,49?,50?,51?,52?,53?,54?,55?,56?,57-,58+,59-,60-,61-,62-,63-,64-,65-,66-,67-,68-,69+,70+/m1/s1. The van der Waals surface area contributed by atoms with Crippen molar-refractivity contribution in [2.24, 2.45) is 0 Å². The predicted molar refractivity (Wildman–Crippen MR) is 376 cm³/mol. The molecule has 14 aliphatic rings. The number of hydrogen-bond donors (Lipinski definition) is 30. The van der Waals surface area contributed by atoms with E-state index >= 15 is 0 Å². The summed E-state index contributed by atoms with van der Waals surface area (Å²) in [5.41, 5.74) is 0. The van der Waals surface area contributed by atoms with Crippen molar-refractivity contribution in [3.63, 3.8) is 0 Å². The van der Waals surface area contributed by atoms with Gasteiger partial charge < -0.3 is 281 Å². The number of hydrogen-bond acceptors (Lipinski definition) is 57. The highest BCUT2D eigenvalue weighted by molar-refractivity contribution is 5.00. The van der Waals surface area contributed by atoms with Crippen LogP contribution in [-0.4, -0.2) is 590 Å². The third-order valence-electron chi connectivity index (χ3n) is 24.2. The van der Waals surface area contributed by atoms with Gasteiger partial charge in [-0.05, 0) is 0 Å². The minimum absolute atomic E-state index is 0.412. The topological polar surface area (TPSA) is 856 Å². The SMILES string of the molecule is OC[C@@H]1O[C@@H](OC2[C@H](O[C@@H]3CO[C@H](O[C@@H]4CO[C@H](O[C@@H]5CO[C@H](O[C@@H]6CO[C@H](O[C@@H]7CO[C@H](O[C@@H]8CO[C@H](O[C@@H]9CO[C@H](O[C@@H]%10CO[C@H](O[C@@H]%11CO[C@H](O[C@@H]%12CO[C@H](O[C@@H]%13CO[C@@H](O[C@@H]%14CO[C@@H](O)C(O)[C@H]%14O)C(O)[C@H]%13O)C(O)[C@H]%12O)C(O)[C@H]%11O)C(O)[C@H]%10O)C(O)[C@H]9O)C(O)[C@H]8O)C(O)[C@H]7O)C(O)[C@H]6O)C(O)[C@H]5O)C(O)[C@H]4O)C(O)[C@H]3O)OC[C@@H](O)[C@@H]2O)C(O)[C@@H]1O. The fraction of sp³-hybridized carbons (Fsp3) is 1.00. The van der Waals surface area contributed by atoms with Gasteiger partial charge in [0, 0.05) is 0 Å². The van der Waals surface area contributed by atoms with Gasteiger partial charge >= 0.3 is 0 Å². The van der Waals surface area contributed by atoms with Crippen LogP contribution >= 0.6 is 0 Å². The molecule has 14 saturated heterocycles. The number of aliphatic hydroxyl groups is 30. The molecule has 0 aromatic heterocycles. The van der Waals surface area contributed by atoms with E-state index in [1.807, 2.05) is 0 Å². The molecule has 0 aromatic rings. The summed E-state index contributed by atoms with van der Waals surface area (Å²) in [6.07, 6.45) is -96.5. The second-order valence-electron chi connectivity index (χ2n) is 32.9. The fourth-order valence-electron chi connectivity index (χ4n) is 16.2. The van der Waals surface area contributed by atoms with Gasteiger partial charge in [0.1, 0.15) is 256 Å². The summed E-state index contributed by atoms with van der Waals surface area (Å²) in [5, 5.41) is 324. The van der Waals surface area contributed by atoms with Crippen LogP contribution in [0.25, 0.3) is 0 Å². The van der Waals surface area contributed by atoms with E-state index in [9.17, 15) is 153 Å². The molecule has 0 saturated carbocycles. The molecule has 0 radical (unpaired) electrons. The largest absolute Gasteiger partial charge is 0.394 e. The lowest BCUT2D eigenvalue weighted by Crippen LogP contribution is -2.64. The fourth-order valence-corrected chi connectivity index (χ4v) is 16.2. The van der Waals surface area contributed by atoms with Crippen LogP contribution in [0.1, 0.15) is 0 Å². The van der Waals surface area contributed by atoms with Gasteiger partial charge in [-0.15, -0.1) is 0 Å². The molecule has 14 fully saturated rings. The Hall–Kier alpha value is -2.28. The summed E-state index contributed by atoms with van der Waals surface area (Å²) in [5.74, 6) is 0. The van der Waals surface area contributed by atoms with E-state index in [0.717, 1.165) is 0 Å². The van der Waals surface area contributed by atoms with Crippen LogP contribution in [0.2, 0.25) is 0 Å². The van der Waals surface area contributed by atoms with Gasteiger partial charge in [0.05, 0.1) is 92.5 Å². The first-order chi connectivity index (χ1) is 60.4. The molecule has 0 aliphatic carbocycles. The molecule has 30 N–H and O–H groups in total. The lowest BCUT2D eigenvalue weighted by atomic mass is 10.0. The monoisotopic (exact) mass is 1870 g/mol. The van der Waals surface area contributed by atoms with Crippen LogP contribution in [-0.2, 0) is 128 Å². The van der Waals surface area contributed by atoms with Crippen LogP contribution in [0.3, 0.4) is 0 Å². The molecule has 0 spiro atoms. The van der Waals surface area contributed by atoms with Gasteiger partial charge in [0.15, 0.2) is 88.1 Å². The smallest absolute Gasteiger partial charge is 0.187 e. The second kappa shape index (κ2) is 43.6. The van der Waals surface area contributed by atoms with Crippen molar-refractivity contribution in [1.29, 1.82) is 0 Å². The molecule has 127 heavy (non-hydrogen) atoms. The van der Waals surface area contributed by atoms with E-state index in [1.54, 1.807) is 0 Å². The Morgan fingerprint density at radius 3 is 0.512 bits per heavy atom. The van der Waals surface area contributed by atoms with Crippen molar-refractivity contribution < 1.29 is 281 Å². The van der Waals surface area contributed by atoms with Crippen LogP contribution < -0.4 is 0 Å². The van der Waals surface area contributed by atoms with Crippen molar-refractivity contribution in [2.45, 2.75) is 344 Å². The zero-order chi connectivity index (χ0) is 91.3. The van der Waals surface area contributed by atoms with Crippen molar-refractivity contribution in [3.05, 3.63) is 0 Å².